The third-order valence-corrected chi connectivity index (χ3v) is 3.62. The van der Waals surface area contributed by atoms with Crippen LogP contribution < -0.4 is 18.9 Å². The van der Waals surface area contributed by atoms with Crippen LogP contribution in [0.1, 0.15) is 0 Å². The molecule has 0 fully saturated rings. The van der Waals surface area contributed by atoms with E-state index in [0.29, 0.717) is 5.75 Å². The number of nitrogens with one attached hydrogen (secondary N) is 1. The van der Waals surface area contributed by atoms with Gasteiger partial charge >= 0.3 is 0 Å². The van der Waals surface area contributed by atoms with Gasteiger partial charge in [-0.05, 0) is 18.2 Å². The molecule has 3 aromatic rings. The average molecular weight is 287 g/mol. The summed E-state index contributed by atoms with van der Waals surface area (Å²) in [7, 11) is 6.56. The van der Waals surface area contributed by atoms with E-state index in [9.17, 15) is 0 Å². The molecule has 0 unspecified atom stereocenters. The van der Waals surface area contributed by atoms with E-state index < -0.39 is 0 Å². The zero-order valence-electron chi connectivity index (χ0n) is 12.4. The fourth-order valence-corrected chi connectivity index (χ4v) is 2.62. The predicted octanol–water partition coefficient (Wildman–Crippen LogP) is 3.36. The first-order valence-corrected chi connectivity index (χ1v) is 6.51. The fourth-order valence-electron chi connectivity index (χ4n) is 2.62. The highest BCUT2D eigenvalue weighted by Crippen LogP contribution is 2.42. The number of methoxy groups -OCH3 is 4. The van der Waals surface area contributed by atoms with Crippen molar-refractivity contribution >= 4 is 21.8 Å². The Bertz CT molecular complexity index is 807. The van der Waals surface area contributed by atoms with Crippen molar-refractivity contribution in [2.45, 2.75) is 0 Å². The molecule has 0 amide bonds. The van der Waals surface area contributed by atoms with E-state index in [0.717, 1.165) is 39.1 Å². The van der Waals surface area contributed by atoms with Crippen molar-refractivity contribution < 1.29 is 18.9 Å². The summed E-state index contributed by atoms with van der Waals surface area (Å²) in [6, 6.07) is 7.57. The predicted molar refractivity (Wildman–Crippen MR) is 82.0 cm³/mol. The average Bonchev–Trinajstić information content (AvgIpc) is 2.92. The van der Waals surface area contributed by atoms with Crippen LogP contribution in [0.5, 0.6) is 23.0 Å². The Kier molecular flexibility index (Phi) is 3.25. The zero-order valence-corrected chi connectivity index (χ0v) is 12.4. The lowest BCUT2D eigenvalue weighted by molar-refractivity contribution is 0.397. The second-order valence-corrected chi connectivity index (χ2v) is 4.60. The molecule has 0 bridgehead atoms. The van der Waals surface area contributed by atoms with Gasteiger partial charge < -0.3 is 23.9 Å². The van der Waals surface area contributed by atoms with E-state index in [1.807, 2.05) is 24.3 Å². The normalized spacial score (nSPS) is 10.9. The number of ether oxygens (including phenoxy) is 4. The molecule has 0 saturated heterocycles. The van der Waals surface area contributed by atoms with Gasteiger partial charge in [0.1, 0.15) is 23.0 Å². The van der Waals surface area contributed by atoms with Gasteiger partial charge in [-0.1, -0.05) is 0 Å². The Labute approximate surface area is 122 Å². The van der Waals surface area contributed by atoms with E-state index in [1.54, 1.807) is 28.4 Å². The molecule has 0 aliphatic heterocycles. The summed E-state index contributed by atoms with van der Waals surface area (Å²) in [5, 5.41) is 1.92. The summed E-state index contributed by atoms with van der Waals surface area (Å²) in [5.74, 6) is 2.96. The van der Waals surface area contributed by atoms with Crippen molar-refractivity contribution in [1.29, 1.82) is 0 Å². The first-order valence-electron chi connectivity index (χ1n) is 6.51. The molecule has 5 heteroatoms. The van der Waals surface area contributed by atoms with Gasteiger partial charge in [0.05, 0.1) is 44.9 Å². The molecule has 0 radical (unpaired) electrons. The number of H-pyrrole nitrogens is 1. The number of hydrogen-bond donors (Lipinski definition) is 1. The minimum Gasteiger partial charge on any atom is -0.497 e. The molecule has 0 spiro atoms. The van der Waals surface area contributed by atoms with Crippen LogP contribution in [0.4, 0.5) is 0 Å². The topological polar surface area (TPSA) is 52.7 Å². The Balaban J connectivity index is 2.50. The summed E-state index contributed by atoms with van der Waals surface area (Å²) in [4.78, 5) is 3.36. The maximum Gasteiger partial charge on any atom is 0.146 e. The Hall–Kier alpha value is -2.56. The molecule has 1 N–H and O–H groups in total. The summed E-state index contributed by atoms with van der Waals surface area (Å²) in [5.41, 5.74) is 1.76. The quantitative estimate of drug-likeness (QED) is 0.799. The van der Waals surface area contributed by atoms with E-state index >= 15 is 0 Å². The maximum absolute atomic E-state index is 5.48. The number of hydrogen-bond acceptors (Lipinski definition) is 4. The van der Waals surface area contributed by atoms with E-state index in [-0.39, 0.29) is 0 Å². The molecule has 0 atom stereocenters. The van der Waals surface area contributed by atoms with Crippen molar-refractivity contribution in [1.82, 2.24) is 4.98 Å². The lowest BCUT2D eigenvalue weighted by atomic mass is 10.1. The highest BCUT2D eigenvalue weighted by Gasteiger charge is 2.17. The number of aromatic nitrogens is 1. The molecule has 2 aromatic carbocycles. The molecule has 0 aliphatic carbocycles. The zero-order chi connectivity index (χ0) is 15.0. The monoisotopic (exact) mass is 287 g/mol. The van der Waals surface area contributed by atoms with Crippen LogP contribution in [0.15, 0.2) is 24.3 Å². The molecule has 0 saturated carbocycles. The van der Waals surface area contributed by atoms with E-state index in [1.165, 1.54) is 0 Å². The van der Waals surface area contributed by atoms with Gasteiger partial charge in [0, 0.05) is 11.5 Å². The van der Waals surface area contributed by atoms with Crippen LogP contribution in [0, 0.1) is 0 Å². The molecular weight excluding hydrogens is 270 g/mol. The number of fused-ring (bicyclic) bond motifs is 3. The van der Waals surface area contributed by atoms with Crippen LogP contribution in [0.2, 0.25) is 0 Å². The van der Waals surface area contributed by atoms with Gasteiger partial charge in [-0.2, -0.15) is 0 Å². The number of benzene rings is 2. The first-order chi connectivity index (χ1) is 10.2. The Morgan fingerprint density at radius 3 is 2.00 bits per heavy atom. The van der Waals surface area contributed by atoms with Crippen LogP contribution in [0.25, 0.3) is 21.8 Å². The smallest absolute Gasteiger partial charge is 0.146 e. The van der Waals surface area contributed by atoms with Crippen molar-refractivity contribution in [2.75, 3.05) is 28.4 Å². The minimum atomic E-state index is 0.713. The summed E-state index contributed by atoms with van der Waals surface area (Å²) in [6.07, 6.45) is 0. The largest absolute Gasteiger partial charge is 0.497 e. The first kappa shape index (κ1) is 13.4. The highest BCUT2D eigenvalue weighted by molar-refractivity contribution is 6.14. The van der Waals surface area contributed by atoms with Crippen molar-refractivity contribution in [3.05, 3.63) is 24.3 Å². The Morgan fingerprint density at radius 1 is 0.714 bits per heavy atom. The van der Waals surface area contributed by atoms with Crippen molar-refractivity contribution in [2.24, 2.45) is 0 Å². The summed E-state index contributed by atoms with van der Waals surface area (Å²) < 4.78 is 21.7. The minimum absolute atomic E-state index is 0.713. The third kappa shape index (κ3) is 1.93. The van der Waals surface area contributed by atoms with Gasteiger partial charge in [-0.15, -0.1) is 0 Å². The fraction of sp³-hybridized carbons (Fsp3) is 0.250. The lowest BCUT2D eigenvalue weighted by Crippen LogP contribution is -1.88. The van der Waals surface area contributed by atoms with Crippen LogP contribution in [-0.4, -0.2) is 33.4 Å². The van der Waals surface area contributed by atoms with Gasteiger partial charge in [0.25, 0.3) is 0 Å². The molecule has 0 aliphatic rings. The summed E-state index contributed by atoms with van der Waals surface area (Å²) >= 11 is 0. The lowest BCUT2D eigenvalue weighted by Gasteiger charge is -2.07. The second kappa shape index (κ2) is 5.09. The molecule has 1 heterocycles. The van der Waals surface area contributed by atoms with E-state index in [4.69, 9.17) is 18.9 Å². The molecule has 21 heavy (non-hydrogen) atoms. The molecular formula is C16H17NO4. The van der Waals surface area contributed by atoms with Gasteiger partial charge in [-0.3, -0.25) is 0 Å². The number of aromatic amines is 1. The van der Waals surface area contributed by atoms with Crippen molar-refractivity contribution in [3.8, 4) is 23.0 Å². The highest BCUT2D eigenvalue weighted by atomic mass is 16.5. The van der Waals surface area contributed by atoms with Crippen molar-refractivity contribution in [3.63, 3.8) is 0 Å². The molecule has 1 aromatic heterocycles. The van der Waals surface area contributed by atoms with Gasteiger partial charge in [0.15, 0.2) is 0 Å². The number of rotatable bonds is 4. The van der Waals surface area contributed by atoms with Crippen LogP contribution in [-0.2, 0) is 0 Å². The maximum atomic E-state index is 5.48. The van der Waals surface area contributed by atoms with Gasteiger partial charge in [0.2, 0.25) is 0 Å². The van der Waals surface area contributed by atoms with Crippen LogP contribution >= 0.6 is 0 Å². The van der Waals surface area contributed by atoms with Gasteiger partial charge in [-0.25, -0.2) is 0 Å². The van der Waals surface area contributed by atoms with Crippen LogP contribution in [0.3, 0.4) is 0 Å². The van der Waals surface area contributed by atoms with E-state index in [2.05, 4.69) is 4.98 Å². The third-order valence-electron chi connectivity index (χ3n) is 3.62. The second-order valence-electron chi connectivity index (χ2n) is 4.60. The molecule has 110 valence electrons. The standard InChI is InChI=1S/C16H17NO4/c1-18-9-7-10-14-11(19-2)5-6-12(20-3)16(14)17-15(10)13(8-9)21-4/h5-8,17H,1-4H3. The molecule has 5 nitrogen and oxygen atoms in total. The SMILES string of the molecule is COc1cc(OC)c2[nH]c3c(OC)ccc(OC)c3c2c1. The summed E-state index contributed by atoms with van der Waals surface area (Å²) in [6.45, 7) is 0. The molecule has 3 rings (SSSR count). The Morgan fingerprint density at radius 2 is 1.38 bits per heavy atom.